The molecule has 1 unspecified atom stereocenters. The lowest BCUT2D eigenvalue weighted by Gasteiger charge is -2.23. The largest absolute Gasteiger partial charge is 0.481 e. The van der Waals surface area contributed by atoms with Crippen molar-refractivity contribution in [3.63, 3.8) is 0 Å². The van der Waals surface area contributed by atoms with Crippen LogP contribution in [0.2, 0.25) is 0 Å². The Labute approximate surface area is 134 Å². The second kappa shape index (κ2) is 6.97. The summed E-state index contributed by atoms with van der Waals surface area (Å²) in [5, 5.41) is 11.4. The van der Waals surface area contributed by atoms with Crippen LogP contribution in [0.4, 0.5) is 4.79 Å². The van der Waals surface area contributed by atoms with E-state index in [1.807, 2.05) is 0 Å². The molecule has 1 amide bonds. The van der Waals surface area contributed by atoms with E-state index >= 15 is 0 Å². The number of alkyl carbamates (subject to hydrolysis) is 1. The van der Waals surface area contributed by atoms with Crippen molar-refractivity contribution in [3.8, 4) is 0 Å². The molecule has 0 bridgehead atoms. The summed E-state index contributed by atoms with van der Waals surface area (Å²) in [5.74, 6) is -1.15. The molecule has 1 atom stereocenters. The Balaban J connectivity index is 2.98. The molecule has 1 aromatic rings. The molecular formula is C14H19NO7S. The molecule has 23 heavy (non-hydrogen) atoms. The van der Waals surface area contributed by atoms with Gasteiger partial charge in [0, 0.05) is 0 Å². The average Bonchev–Trinajstić information content (AvgIpc) is 2.34. The van der Waals surface area contributed by atoms with E-state index in [0.29, 0.717) is 5.56 Å². The molecule has 1 aromatic carbocycles. The van der Waals surface area contributed by atoms with Gasteiger partial charge >= 0.3 is 12.1 Å². The topological polar surface area (TPSA) is 130 Å². The molecular weight excluding hydrogens is 326 g/mol. The fraction of sp³-hybridized carbons (Fsp3) is 0.429. The summed E-state index contributed by atoms with van der Waals surface area (Å²) in [5.41, 5.74) is -0.377. The molecule has 3 N–H and O–H groups in total. The Morgan fingerprint density at radius 2 is 1.74 bits per heavy atom. The number of carboxylic acid groups (broad SMARTS) is 1. The number of amides is 1. The third-order valence-electron chi connectivity index (χ3n) is 2.65. The molecule has 0 saturated carbocycles. The number of benzene rings is 1. The van der Waals surface area contributed by atoms with Crippen LogP contribution in [-0.4, -0.2) is 35.7 Å². The predicted molar refractivity (Wildman–Crippen MR) is 80.6 cm³/mol. The van der Waals surface area contributed by atoms with E-state index in [2.05, 4.69) is 5.32 Å². The van der Waals surface area contributed by atoms with Crippen LogP contribution in [0.3, 0.4) is 0 Å². The molecule has 0 saturated heterocycles. The van der Waals surface area contributed by atoms with Gasteiger partial charge in [-0.3, -0.25) is 9.35 Å². The minimum Gasteiger partial charge on any atom is -0.481 e. The van der Waals surface area contributed by atoms with Crippen LogP contribution in [0.5, 0.6) is 0 Å². The van der Waals surface area contributed by atoms with Gasteiger partial charge in [-0.05, 0) is 38.5 Å². The average molecular weight is 345 g/mol. The number of aliphatic carboxylic acids is 1. The molecule has 1 rings (SSSR count). The van der Waals surface area contributed by atoms with Crippen molar-refractivity contribution < 1.29 is 32.4 Å². The van der Waals surface area contributed by atoms with Gasteiger partial charge in [-0.25, -0.2) is 4.79 Å². The molecule has 0 aromatic heterocycles. The highest BCUT2D eigenvalue weighted by Crippen LogP contribution is 2.20. The first-order chi connectivity index (χ1) is 10.4. The van der Waals surface area contributed by atoms with Crippen LogP contribution < -0.4 is 5.32 Å². The summed E-state index contributed by atoms with van der Waals surface area (Å²) in [7, 11) is -4.34. The molecule has 9 heteroatoms. The van der Waals surface area contributed by atoms with Crippen molar-refractivity contribution in [2.24, 2.45) is 0 Å². The molecule has 0 radical (unpaired) electrons. The number of carboxylic acids is 1. The second-order valence-corrected chi connectivity index (χ2v) is 7.26. The van der Waals surface area contributed by atoms with E-state index < -0.39 is 40.2 Å². The number of hydrogen-bond acceptors (Lipinski definition) is 5. The van der Waals surface area contributed by atoms with Gasteiger partial charge in [-0.15, -0.1) is 0 Å². The SMILES string of the molecule is CC(C)(C)OC(=O)NC(CC(=O)O)c1ccc(S(=O)(=O)O)cc1. The lowest BCUT2D eigenvalue weighted by molar-refractivity contribution is -0.137. The van der Waals surface area contributed by atoms with Crippen LogP contribution in [-0.2, 0) is 19.6 Å². The van der Waals surface area contributed by atoms with E-state index in [1.165, 1.54) is 12.1 Å². The van der Waals surface area contributed by atoms with Gasteiger partial charge in [0.2, 0.25) is 0 Å². The first-order valence-corrected chi connectivity index (χ1v) is 8.11. The summed E-state index contributed by atoms with van der Waals surface area (Å²) in [6.45, 7) is 5.00. The van der Waals surface area contributed by atoms with Crippen LogP contribution >= 0.6 is 0 Å². The summed E-state index contributed by atoms with van der Waals surface area (Å²) in [4.78, 5) is 22.4. The summed E-state index contributed by atoms with van der Waals surface area (Å²) >= 11 is 0. The smallest absolute Gasteiger partial charge is 0.408 e. The number of ether oxygens (including phenoxy) is 1. The maximum absolute atomic E-state index is 11.8. The van der Waals surface area contributed by atoms with Crippen molar-refractivity contribution in [2.75, 3.05) is 0 Å². The van der Waals surface area contributed by atoms with Gasteiger partial charge in [0.25, 0.3) is 10.1 Å². The molecule has 0 spiro atoms. The van der Waals surface area contributed by atoms with E-state index in [1.54, 1.807) is 20.8 Å². The van der Waals surface area contributed by atoms with Crippen molar-refractivity contribution in [3.05, 3.63) is 29.8 Å². The van der Waals surface area contributed by atoms with E-state index in [-0.39, 0.29) is 4.90 Å². The quantitative estimate of drug-likeness (QED) is 0.695. The third-order valence-corrected chi connectivity index (χ3v) is 3.52. The first-order valence-electron chi connectivity index (χ1n) is 6.67. The minimum absolute atomic E-state index is 0.326. The number of carbonyl (C=O) groups excluding carboxylic acids is 1. The Kier molecular flexibility index (Phi) is 5.73. The fourth-order valence-electron chi connectivity index (χ4n) is 1.75. The summed E-state index contributed by atoms with van der Waals surface area (Å²) in [6, 6.07) is 3.96. The van der Waals surface area contributed by atoms with Gasteiger partial charge < -0.3 is 15.2 Å². The van der Waals surface area contributed by atoms with E-state index in [0.717, 1.165) is 12.1 Å². The first kappa shape index (κ1) is 18.9. The van der Waals surface area contributed by atoms with Crippen molar-refractivity contribution >= 4 is 22.2 Å². The molecule has 0 aliphatic heterocycles. The zero-order valence-corrected chi connectivity index (χ0v) is 13.8. The van der Waals surface area contributed by atoms with E-state index in [9.17, 15) is 18.0 Å². The van der Waals surface area contributed by atoms with Crippen LogP contribution in [0, 0.1) is 0 Å². The molecule has 0 heterocycles. The predicted octanol–water partition coefficient (Wildman–Crippen LogP) is 1.97. The zero-order valence-electron chi connectivity index (χ0n) is 12.9. The Morgan fingerprint density at radius 3 is 2.13 bits per heavy atom. The highest BCUT2D eigenvalue weighted by molar-refractivity contribution is 7.85. The normalized spacial score (nSPS) is 13.2. The number of nitrogens with one attached hydrogen (secondary N) is 1. The zero-order chi connectivity index (χ0) is 17.8. The maximum Gasteiger partial charge on any atom is 0.408 e. The van der Waals surface area contributed by atoms with Gasteiger partial charge in [-0.2, -0.15) is 8.42 Å². The second-order valence-electron chi connectivity index (χ2n) is 5.84. The minimum atomic E-state index is -4.34. The third kappa shape index (κ3) is 6.66. The van der Waals surface area contributed by atoms with Crippen molar-refractivity contribution in [1.82, 2.24) is 5.32 Å². The van der Waals surface area contributed by atoms with Crippen LogP contribution in [0.25, 0.3) is 0 Å². The molecule has 0 fully saturated rings. The molecule has 0 aliphatic rings. The van der Waals surface area contributed by atoms with Crippen molar-refractivity contribution in [2.45, 2.75) is 43.7 Å². The Bertz CT molecular complexity index is 674. The number of carbonyl (C=O) groups is 2. The summed E-state index contributed by atoms with van der Waals surface area (Å²) in [6.07, 6.45) is -1.20. The molecule has 8 nitrogen and oxygen atoms in total. The lowest BCUT2D eigenvalue weighted by Crippen LogP contribution is -2.35. The van der Waals surface area contributed by atoms with Gasteiger partial charge in [0.1, 0.15) is 5.60 Å². The monoisotopic (exact) mass is 345 g/mol. The summed E-state index contributed by atoms with van der Waals surface area (Å²) < 4.78 is 36.0. The van der Waals surface area contributed by atoms with Gasteiger partial charge in [0.05, 0.1) is 17.4 Å². The highest BCUT2D eigenvalue weighted by atomic mass is 32.2. The lowest BCUT2D eigenvalue weighted by atomic mass is 10.0. The fourth-order valence-corrected chi connectivity index (χ4v) is 2.23. The number of rotatable bonds is 5. The van der Waals surface area contributed by atoms with Gasteiger partial charge in [0.15, 0.2) is 0 Å². The van der Waals surface area contributed by atoms with Crippen molar-refractivity contribution in [1.29, 1.82) is 0 Å². The highest BCUT2D eigenvalue weighted by Gasteiger charge is 2.23. The molecule has 128 valence electrons. The number of hydrogen-bond donors (Lipinski definition) is 3. The van der Waals surface area contributed by atoms with Crippen LogP contribution in [0.1, 0.15) is 38.8 Å². The van der Waals surface area contributed by atoms with Crippen LogP contribution in [0.15, 0.2) is 29.2 Å². The standard InChI is InChI=1S/C14H19NO7S/c1-14(2,3)22-13(18)15-11(8-12(16)17)9-4-6-10(7-5-9)23(19,20)21/h4-7,11H,8H2,1-3H3,(H,15,18)(H,16,17)(H,19,20,21). The molecule has 0 aliphatic carbocycles. The maximum atomic E-state index is 11.8. The Hall–Kier alpha value is -2.13. The van der Waals surface area contributed by atoms with E-state index in [4.69, 9.17) is 14.4 Å². The Morgan fingerprint density at radius 1 is 1.22 bits per heavy atom. The van der Waals surface area contributed by atoms with Gasteiger partial charge in [-0.1, -0.05) is 12.1 Å².